The molecule has 0 fully saturated rings. The molecule has 0 aromatic heterocycles. The summed E-state index contributed by atoms with van der Waals surface area (Å²) in [6.07, 6.45) is 1.93. The molecule has 5 nitrogen and oxygen atoms in total. The molecule has 82 valence electrons. The first kappa shape index (κ1) is 13.1. The number of carboxylic acid groups (broad SMARTS) is 1. The molecule has 0 saturated heterocycles. The zero-order chi connectivity index (χ0) is 11.0. The van der Waals surface area contributed by atoms with Crippen LogP contribution in [-0.2, 0) is 4.79 Å². The fraction of sp³-hybridized carbons (Fsp3) is 0.750. The minimum absolute atomic E-state index is 0.0396. The number of aliphatic carboxylic acids is 1. The monoisotopic (exact) mass is 220 g/mol. The Kier molecular flexibility index (Phi) is 7.00. The SMILES string of the molecule is CSCCN(C)C(=O)NCCC(=O)O. The summed E-state index contributed by atoms with van der Waals surface area (Å²) >= 11 is 1.66. The van der Waals surface area contributed by atoms with E-state index in [0.717, 1.165) is 5.75 Å². The van der Waals surface area contributed by atoms with Crippen LogP contribution in [0, 0.1) is 0 Å². The highest BCUT2D eigenvalue weighted by Crippen LogP contribution is 1.93. The van der Waals surface area contributed by atoms with E-state index in [-0.39, 0.29) is 19.0 Å². The second-order valence-electron chi connectivity index (χ2n) is 2.79. The Morgan fingerprint density at radius 3 is 2.64 bits per heavy atom. The van der Waals surface area contributed by atoms with Crippen molar-refractivity contribution in [1.29, 1.82) is 0 Å². The number of rotatable bonds is 6. The maximum Gasteiger partial charge on any atom is 0.317 e. The average molecular weight is 220 g/mol. The van der Waals surface area contributed by atoms with Crippen LogP contribution in [0.15, 0.2) is 0 Å². The average Bonchev–Trinajstić information content (AvgIpc) is 2.13. The summed E-state index contributed by atoms with van der Waals surface area (Å²) in [5.41, 5.74) is 0. The minimum atomic E-state index is -0.905. The molecule has 2 amide bonds. The van der Waals surface area contributed by atoms with Crippen LogP contribution in [0.3, 0.4) is 0 Å². The van der Waals surface area contributed by atoms with Crippen molar-refractivity contribution in [3.8, 4) is 0 Å². The summed E-state index contributed by atoms with van der Waals surface area (Å²) in [6.45, 7) is 0.845. The minimum Gasteiger partial charge on any atom is -0.481 e. The molecule has 2 N–H and O–H groups in total. The maximum absolute atomic E-state index is 11.2. The predicted octanol–water partition coefficient (Wildman–Crippen LogP) is 0.466. The Morgan fingerprint density at radius 1 is 1.50 bits per heavy atom. The number of amides is 2. The number of hydrogen-bond donors (Lipinski definition) is 2. The molecule has 14 heavy (non-hydrogen) atoms. The molecule has 0 bridgehead atoms. The fourth-order valence-corrected chi connectivity index (χ4v) is 1.20. The van der Waals surface area contributed by atoms with Crippen molar-refractivity contribution < 1.29 is 14.7 Å². The number of urea groups is 1. The summed E-state index contributed by atoms with van der Waals surface area (Å²) < 4.78 is 0. The summed E-state index contributed by atoms with van der Waals surface area (Å²) in [7, 11) is 1.69. The molecule has 0 saturated carbocycles. The number of carbonyl (C=O) groups excluding carboxylic acids is 1. The second-order valence-corrected chi connectivity index (χ2v) is 3.78. The number of nitrogens with one attached hydrogen (secondary N) is 1. The standard InChI is InChI=1S/C8H16N2O3S/c1-10(5-6-14-2)8(13)9-4-3-7(11)12/h3-6H2,1-2H3,(H,9,13)(H,11,12). The molecule has 0 atom stereocenters. The van der Waals surface area contributed by atoms with Gasteiger partial charge >= 0.3 is 12.0 Å². The van der Waals surface area contributed by atoms with Gasteiger partial charge in [-0.15, -0.1) is 0 Å². The first-order valence-electron chi connectivity index (χ1n) is 4.27. The lowest BCUT2D eigenvalue weighted by Gasteiger charge is -2.16. The van der Waals surface area contributed by atoms with Crippen LogP contribution < -0.4 is 5.32 Å². The molecule has 0 aliphatic heterocycles. The van der Waals surface area contributed by atoms with Crippen molar-refractivity contribution >= 4 is 23.8 Å². The zero-order valence-corrected chi connectivity index (χ0v) is 9.26. The molecule has 0 unspecified atom stereocenters. The first-order valence-corrected chi connectivity index (χ1v) is 5.67. The molecule has 0 aliphatic carbocycles. The molecule has 0 aromatic rings. The van der Waals surface area contributed by atoms with Crippen LogP contribution >= 0.6 is 11.8 Å². The molecular formula is C8H16N2O3S. The Labute approximate surface area is 87.8 Å². The van der Waals surface area contributed by atoms with Gasteiger partial charge < -0.3 is 15.3 Å². The number of thioether (sulfide) groups is 1. The van der Waals surface area contributed by atoms with Gasteiger partial charge in [-0.2, -0.15) is 11.8 Å². The first-order chi connectivity index (χ1) is 6.57. The van der Waals surface area contributed by atoms with E-state index in [9.17, 15) is 9.59 Å². The van der Waals surface area contributed by atoms with E-state index in [0.29, 0.717) is 6.54 Å². The Balaban J connectivity index is 3.56. The Morgan fingerprint density at radius 2 is 2.14 bits per heavy atom. The highest BCUT2D eigenvalue weighted by Gasteiger charge is 2.07. The van der Waals surface area contributed by atoms with Gasteiger partial charge in [0.05, 0.1) is 6.42 Å². The maximum atomic E-state index is 11.2. The smallest absolute Gasteiger partial charge is 0.317 e. The number of carboxylic acids is 1. The number of hydrogen-bond acceptors (Lipinski definition) is 3. The van der Waals surface area contributed by atoms with E-state index in [4.69, 9.17) is 5.11 Å². The Hall–Kier alpha value is -0.910. The van der Waals surface area contributed by atoms with Crippen LogP contribution in [0.1, 0.15) is 6.42 Å². The number of carbonyl (C=O) groups is 2. The summed E-state index contributed by atoms with van der Waals surface area (Å²) in [5.74, 6) is -0.0277. The second kappa shape index (κ2) is 7.49. The van der Waals surface area contributed by atoms with Gasteiger partial charge in [-0.3, -0.25) is 4.79 Å². The van der Waals surface area contributed by atoms with E-state index in [2.05, 4.69) is 5.32 Å². The van der Waals surface area contributed by atoms with Gasteiger partial charge in [0.1, 0.15) is 0 Å². The van der Waals surface area contributed by atoms with Crippen LogP contribution in [-0.4, -0.2) is 54.2 Å². The van der Waals surface area contributed by atoms with Crippen molar-refractivity contribution in [2.24, 2.45) is 0 Å². The molecule has 0 rings (SSSR count). The lowest BCUT2D eigenvalue weighted by atomic mass is 10.4. The normalized spacial score (nSPS) is 9.57. The van der Waals surface area contributed by atoms with Gasteiger partial charge in [-0.1, -0.05) is 0 Å². The van der Waals surface area contributed by atoms with Crippen LogP contribution in [0.25, 0.3) is 0 Å². The molecule has 0 aliphatic rings. The summed E-state index contributed by atoms with van der Waals surface area (Å²) in [6, 6.07) is -0.222. The van der Waals surface area contributed by atoms with E-state index in [1.807, 2.05) is 6.26 Å². The van der Waals surface area contributed by atoms with Gasteiger partial charge in [-0.25, -0.2) is 4.79 Å². The van der Waals surface area contributed by atoms with Crippen molar-refractivity contribution in [2.45, 2.75) is 6.42 Å². The number of nitrogens with zero attached hydrogens (tertiary/aromatic N) is 1. The quantitative estimate of drug-likeness (QED) is 0.682. The van der Waals surface area contributed by atoms with Crippen LogP contribution in [0.5, 0.6) is 0 Å². The molecular weight excluding hydrogens is 204 g/mol. The molecule has 0 spiro atoms. The van der Waals surface area contributed by atoms with Gasteiger partial charge in [-0.05, 0) is 6.26 Å². The molecule has 0 heterocycles. The van der Waals surface area contributed by atoms with E-state index < -0.39 is 5.97 Å². The Bertz CT molecular complexity index is 199. The molecule has 0 aromatic carbocycles. The van der Waals surface area contributed by atoms with E-state index >= 15 is 0 Å². The van der Waals surface area contributed by atoms with E-state index in [1.165, 1.54) is 0 Å². The highest BCUT2D eigenvalue weighted by atomic mass is 32.2. The fourth-order valence-electron chi connectivity index (χ4n) is 0.741. The van der Waals surface area contributed by atoms with Gasteiger partial charge in [0.2, 0.25) is 0 Å². The third kappa shape index (κ3) is 6.59. The lowest BCUT2D eigenvalue weighted by Crippen LogP contribution is -2.39. The van der Waals surface area contributed by atoms with Gasteiger partial charge in [0, 0.05) is 25.9 Å². The predicted molar refractivity (Wildman–Crippen MR) is 56.7 cm³/mol. The van der Waals surface area contributed by atoms with Gasteiger partial charge in [0.25, 0.3) is 0 Å². The van der Waals surface area contributed by atoms with Crippen molar-refractivity contribution in [2.75, 3.05) is 32.1 Å². The van der Waals surface area contributed by atoms with Crippen molar-refractivity contribution in [3.63, 3.8) is 0 Å². The molecule has 0 radical (unpaired) electrons. The van der Waals surface area contributed by atoms with Crippen LogP contribution in [0.4, 0.5) is 4.79 Å². The highest BCUT2D eigenvalue weighted by molar-refractivity contribution is 7.98. The van der Waals surface area contributed by atoms with Crippen molar-refractivity contribution in [1.82, 2.24) is 10.2 Å². The topological polar surface area (TPSA) is 69.6 Å². The van der Waals surface area contributed by atoms with Crippen LogP contribution in [0.2, 0.25) is 0 Å². The zero-order valence-electron chi connectivity index (χ0n) is 8.45. The largest absolute Gasteiger partial charge is 0.481 e. The summed E-state index contributed by atoms with van der Waals surface area (Å²) in [5, 5.41) is 10.9. The molecule has 6 heteroatoms. The summed E-state index contributed by atoms with van der Waals surface area (Å²) in [4.78, 5) is 22.9. The third-order valence-corrected chi connectivity index (χ3v) is 2.18. The van der Waals surface area contributed by atoms with Gasteiger partial charge in [0.15, 0.2) is 0 Å². The lowest BCUT2D eigenvalue weighted by molar-refractivity contribution is -0.136. The third-order valence-electron chi connectivity index (χ3n) is 1.59. The van der Waals surface area contributed by atoms with Crippen molar-refractivity contribution in [3.05, 3.63) is 0 Å². The van der Waals surface area contributed by atoms with E-state index in [1.54, 1.807) is 23.7 Å².